The summed E-state index contributed by atoms with van der Waals surface area (Å²) in [5, 5.41) is 5.15. The van der Waals surface area contributed by atoms with Gasteiger partial charge in [-0.15, -0.1) is 11.3 Å². The van der Waals surface area contributed by atoms with Crippen LogP contribution in [0.5, 0.6) is 0 Å². The standard InChI is InChI=1S/C13H20N2O3S2/c1-9-11(20(14,17)18)7-10(19-9)12(16)15-6-4-5-13(2,3)8-15/h7H,4-6,8H2,1-3H3,(H2,14,17,18). The number of thiophene rings is 1. The number of hydrogen-bond donors (Lipinski definition) is 1. The third-order valence-electron chi connectivity index (χ3n) is 3.58. The number of primary sulfonamides is 1. The van der Waals surface area contributed by atoms with Crippen molar-refractivity contribution in [1.82, 2.24) is 4.90 Å². The van der Waals surface area contributed by atoms with Gasteiger partial charge in [-0.1, -0.05) is 13.8 Å². The van der Waals surface area contributed by atoms with Crippen LogP contribution in [0.2, 0.25) is 0 Å². The van der Waals surface area contributed by atoms with Crippen molar-refractivity contribution in [2.75, 3.05) is 13.1 Å². The van der Waals surface area contributed by atoms with Gasteiger partial charge in [0.2, 0.25) is 10.0 Å². The van der Waals surface area contributed by atoms with E-state index in [4.69, 9.17) is 5.14 Å². The molecule has 0 saturated carbocycles. The molecule has 0 atom stereocenters. The van der Waals surface area contributed by atoms with E-state index < -0.39 is 10.0 Å². The van der Waals surface area contributed by atoms with Crippen LogP contribution in [0.1, 0.15) is 41.2 Å². The summed E-state index contributed by atoms with van der Waals surface area (Å²) in [7, 11) is -3.76. The Morgan fingerprint density at radius 3 is 2.60 bits per heavy atom. The zero-order chi connectivity index (χ0) is 15.1. The molecule has 1 amide bonds. The average Bonchev–Trinajstić information content (AvgIpc) is 2.68. The summed E-state index contributed by atoms with van der Waals surface area (Å²) in [6, 6.07) is 1.40. The van der Waals surface area contributed by atoms with E-state index in [0.717, 1.165) is 19.4 Å². The molecular weight excluding hydrogens is 296 g/mol. The number of likely N-dealkylation sites (tertiary alicyclic amines) is 1. The normalized spacial score (nSPS) is 19.1. The molecule has 20 heavy (non-hydrogen) atoms. The Labute approximate surface area is 123 Å². The minimum atomic E-state index is -3.76. The molecule has 0 bridgehead atoms. The first-order valence-corrected chi connectivity index (χ1v) is 8.89. The van der Waals surface area contributed by atoms with Gasteiger partial charge in [0.25, 0.3) is 5.91 Å². The lowest BCUT2D eigenvalue weighted by Crippen LogP contribution is -2.43. The molecule has 2 rings (SSSR count). The smallest absolute Gasteiger partial charge is 0.263 e. The summed E-state index contributed by atoms with van der Waals surface area (Å²) in [6.45, 7) is 7.38. The van der Waals surface area contributed by atoms with Gasteiger partial charge in [-0.3, -0.25) is 4.79 Å². The second-order valence-electron chi connectivity index (χ2n) is 6.07. The van der Waals surface area contributed by atoms with Crippen LogP contribution in [0.3, 0.4) is 0 Å². The molecule has 112 valence electrons. The SMILES string of the molecule is Cc1sc(C(=O)N2CCCC(C)(C)C2)cc1S(N)(=O)=O. The molecule has 0 aliphatic carbocycles. The predicted molar refractivity (Wildman–Crippen MR) is 79.3 cm³/mol. The van der Waals surface area contributed by atoms with Crippen molar-refractivity contribution in [3.05, 3.63) is 15.8 Å². The number of sulfonamides is 1. The van der Waals surface area contributed by atoms with E-state index in [9.17, 15) is 13.2 Å². The maximum Gasteiger partial charge on any atom is 0.263 e. The lowest BCUT2D eigenvalue weighted by molar-refractivity contribution is 0.0588. The highest BCUT2D eigenvalue weighted by atomic mass is 32.2. The van der Waals surface area contributed by atoms with Gasteiger partial charge in [0.15, 0.2) is 0 Å². The van der Waals surface area contributed by atoms with Gasteiger partial charge in [0.1, 0.15) is 0 Å². The summed E-state index contributed by atoms with van der Waals surface area (Å²) in [5.41, 5.74) is 0.114. The van der Waals surface area contributed by atoms with Gasteiger partial charge in [0, 0.05) is 18.0 Å². The Hall–Kier alpha value is -0.920. The van der Waals surface area contributed by atoms with Crippen molar-refractivity contribution in [3.63, 3.8) is 0 Å². The van der Waals surface area contributed by atoms with Crippen molar-refractivity contribution in [2.45, 2.75) is 38.5 Å². The molecule has 1 aliphatic rings. The number of nitrogens with two attached hydrogens (primary N) is 1. The molecule has 2 heterocycles. The first-order chi connectivity index (χ1) is 9.10. The molecule has 1 fully saturated rings. The molecule has 7 heteroatoms. The molecule has 1 aromatic heterocycles. The van der Waals surface area contributed by atoms with Crippen LogP contribution < -0.4 is 5.14 Å². The summed E-state index contributed by atoms with van der Waals surface area (Å²) in [5.74, 6) is -0.0965. The molecule has 0 unspecified atom stereocenters. The summed E-state index contributed by atoms with van der Waals surface area (Å²) < 4.78 is 22.9. The Bertz CT molecular complexity index is 632. The van der Waals surface area contributed by atoms with Crippen LogP contribution in [0.25, 0.3) is 0 Å². The largest absolute Gasteiger partial charge is 0.337 e. The van der Waals surface area contributed by atoms with Crippen molar-refractivity contribution in [2.24, 2.45) is 10.6 Å². The summed E-state index contributed by atoms with van der Waals surface area (Å²) in [6.07, 6.45) is 2.08. The van der Waals surface area contributed by atoms with Gasteiger partial charge >= 0.3 is 0 Å². The first kappa shape index (κ1) is 15.5. The van der Waals surface area contributed by atoms with Crippen LogP contribution in [0.15, 0.2) is 11.0 Å². The minimum Gasteiger partial charge on any atom is -0.337 e. The zero-order valence-corrected chi connectivity index (χ0v) is 13.6. The number of hydrogen-bond acceptors (Lipinski definition) is 4. The lowest BCUT2D eigenvalue weighted by Gasteiger charge is -2.37. The number of carbonyl (C=O) groups excluding carboxylic acids is 1. The number of carbonyl (C=O) groups is 1. The molecule has 0 radical (unpaired) electrons. The molecule has 1 saturated heterocycles. The van der Waals surface area contributed by atoms with E-state index in [1.807, 2.05) is 4.90 Å². The van der Waals surface area contributed by atoms with E-state index in [1.165, 1.54) is 17.4 Å². The fourth-order valence-electron chi connectivity index (χ4n) is 2.61. The van der Waals surface area contributed by atoms with Crippen molar-refractivity contribution in [1.29, 1.82) is 0 Å². The monoisotopic (exact) mass is 316 g/mol. The van der Waals surface area contributed by atoms with Crippen LogP contribution in [-0.4, -0.2) is 32.3 Å². The highest BCUT2D eigenvalue weighted by Crippen LogP contribution is 2.31. The van der Waals surface area contributed by atoms with Gasteiger partial charge in [-0.2, -0.15) is 0 Å². The van der Waals surface area contributed by atoms with E-state index >= 15 is 0 Å². The van der Waals surface area contributed by atoms with Gasteiger partial charge in [-0.05, 0) is 31.2 Å². The van der Waals surface area contributed by atoms with Gasteiger partial charge in [-0.25, -0.2) is 13.6 Å². The first-order valence-electron chi connectivity index (χ1n) is 6.53. The Morgan fingerprint density at radius 2 is 2.10 bits per heavy atom. The van der Waals surface area contributed by atoms with Crippen molar-refractivity contribution >= 4 is 27.3 Å². The van der Waals surface area contributed by atoms with Gasteiger partial charge < -0.3 is 4.90 Å². The fourth-order valence-corrected chi connectivity index (χ4v) is 4.72. The second kappa shape index (κ2) is 5.13. The summed E-state index contributed by atoms with van der Waals surface area (Å²) >= 11 is 1.19. The zero-order valence-electron chi connectivity index (χ0n) is 12.0. The molecule has 5 nitrogen and oxygen atoms in total. The van der Waals surface area contributed by atoms with Crippen molar-refractivity contribution in [3.8, 4) is 0 Å². The third-order valence-corrected chi connectivity index (χ3v) is 5.78. The highest BCUT2D eigenvalue weighted by molar-refractivity contribution is 7.89. The summed E-state index contributed by atoms with van der Waals surface area (Å²) in [4.78, 5) is 15.4. The number of piperidine rings is 1. The maximum absolute atomic E-state index is 12.5. The Morgan fingerprint density at radius 1 is 1.45 bits per heavy atom. The molecule has 0 spiro atoms. The van der Waals surface area contributed by atoms with Crippen LogP contribution in [-0.2, 0) is 10.0 Å². The topological polar surface area (TPSA) is 80.5 Å². The van der Waals surface area contributed by atoms with Crippen LogP contribution in [0, 0.1) is 12.3 Å². The highest BCUT2D eigenvalue weighted by Gasteiger charge is 2.31. The number of aryl methyl sites for hydroxylation is 1. The van der Waals surface area contributed by atoms with E-state index in [-0.39, 0.29) is 16.2 Å². The predicted octanol–water partition coefficient (Wildman–Crippen LogP) is 1.97. The maximum atomic E-state index is 12.5. The van der Waals surface area contributed by atoms with E-state index in [2.05, 4.69) is 13.8 Å². The van der Waals surface area contributed by atoms with Crippen LogP contribution >= 0.6 is 11.3 Å². The van der Waals surface area contributed by atoms with Gasteiger partial charge in [0.05, 0.1) is 9.77 Å². The number of amides is 1. The number of rotatable bonds is 2. The lowest BCUT2D eigenvalue weighted by atomic mass is 9.84. The fraction of sp³-hybridized carbons (Fsp3) is 0.615. The molecule has 0 aromatic carbocycles. The van der Waals surface area contributed by atoms with E-state index in [1.54, 1.807) is 6.92 Å². The number of nitrogens with zero attached hydrogens (tertiary/aromatic N) is 1. The molecular formula is C13H20N2O3S2. The average molecular weight is 316 g/mol. The Balaban J connectivity index is 2.26. The molecule has 1 aromatic rings. The van der Waals surface area contributed by atoms with Crippen LogP contribution in [0.4, 0.5) is 0 Å². The van der Waals surface area contributed by atoms with Crippen molar-refractivity contribution < 1.29 is 13.2 Å². The third kappa shape index (κ3) is 3.21. The molecule has 2 N–H and O–H groups in total. The second-order valence-corrected chi connectivity index (χ2v) is 8.86. The molecule has 1 aliphatic heterocycles. The minimum absolute atomic E-state index is 0.0575. The van der Waals surface area contributed by atoms with E-state index in [0.29, 0.717) is 16.3 Å². The quantitative estimate of drug-likeness (QED) is 0.905. The Kier molecular flexibility index (Phi) is 3.96.